The van der Waals surface area contributed by atoms with E-state index < -0.39 is 17.4 Å². The van der Waals surface area contributed by atoms with Gasteiger partial charge in [0, 0.05) is 6.54 Å². The van der Waals surface area contributed by atoms with Gasteiger partial charge in [-0.2, -0.15) is 11.8 Å². The lowest BCUT2D eigenvalue weighted by atomic mass is 9.85. The Labute approximate surface area is 124 Å². The molecule has 6 nitrogen and oxygen atoms in total. The van der Waals surface area contributed by atoms with Crippen LogP contribution in [0.3, 0.4) is 0 Å². The van der Waals surface area contributed by atoms with E-state index in [1.807, 2.05) is 11.8 Å². The molecule has 1 aliphatic heterocycles. The molecule has 3 N–H and O–H groups in total. The zero-order chi connectivity index (χ0) is 15.0. The Morgan fingerprint density at radius 1 is 1.40 bits per heavy atom. The number of amides is 2. The van der Waals surface area contributed by atoms with Gasteiger partial charge in [-0.1, -0.05) is 6.42 Å². The molecular weight excluding hydrogens is 280 g/mol. The summed E-state index contributed by atoms with van der Waals surface area (Å²) in [5.74, 6) is 0.195. The van der Waals surface area contributed by atoms with Crippen molar-refractivity contribution in [3.8, 4) is 0 Å². The number of rotatable bonds is 8. The minimum absolute atomic E-state index is 0.127. The number of ether oxygens (including phenoxy) is 1. The number of carbonyl (C=O) groups excluding carboxylic acids is 1. The molecule has 0 bridgehead atoms. The lowest BCUT2D eigenvalue weighted by molar-refractivity contribution is -0.148. The van der Waals surface area contributed by atoms with Crippen LogP contribution in [0.15, 0.2) is 0 Å². The van der Waals surface area contributed by atoms with Gasteiger partial charge in [-0.15, -0.1) is 0 Å². The predicted molar refractivity (Wildman–Crippen MR) is 79.1 cm³/mol. The fraction of sp³-hybridized carbons (Fsp3) is 0.846. The average molecular weight is 304 g/mol. The molecule has 20 heavy (non-hydrogen) atoms. The van der Waals surface area contributed by atoms with Crippen LogP contribution in [0, 0.1) is 5.41 Å². The van der Waals surface area contributed by atoms with Crippen molar-refractivity contribution in [2.45, 2.75) is 32.2 Å². The van der Waals surface area contributed by atoms with E-state index in [0.29, 0.717) is 6.54 Å². The molecule has 2 amide bonds. The van der Waals surface area contributed by atoms with Crippen LogP contribution < -0.4 is 10.6 Å². The highest BCUT2D eigenvalue weighted by atomic mass is 32.2. The van der Waals surface area contributed by atoms with Gasteiger partial charge >= 0.3 is 12.0 Å². The molecule has 7 heteroatoms. The second-order valence-electron chi connectivity index (χ2n) is 5.24. The Hall–Kier alpha value is -0.950. The van der Waals surface area contributed by atoms with E-state index in [-0.39, 0.29) is 19.2 Å². The topological polar surface area (TPSA) is 87.7 Å². The minimum atomic E-state index is -1.05. The van der Waals surface area contributed by atoms with Crippen molar-refractivity contribution >= 4 is 23.8 Å². The molecule has 0 radical (unpaired) electrons. The summed E-state index contributed by atoms with van der Waals surface area (Å²) in [5, 5.41) is 14.6. The first kappa shape index (κ1) is 17.1. The molecule has 116 valence electrons. The second-order valence-corrected chi connectivity index (χ2v) is 6.23. The normalized spacial score (nSPS) is 25.4. The van der Waals surface area contributed by atoms with Crippen molar-refractivity contribution in [2.75, 3.05) is 31.8 Å². The Morgan fingerprint density at radius 2 is 2.15 bits per heavy atom. The first-order valence-corrected chi connectivity index (χ1v) is 8.24. The van der Waals surface area contributed by atoms with Crippen LogP contribution in [-0.2, 0) is 9.53 Å². The molecule has 1 fully saturated rings. The molecular formula is C13H24N2O4S. The molecule has 2 atom stereocenters. The van der Waals surface area contributed by atoms with Gasteiger partial charge in [0.25, 0.3) is 0 Å². The van der Waals surface area contributed by atoms with Crippen molar-refractivity contribution in [2.24, 2.45) is 5.41 Å². The highest BCUT2D eigenvalue weighted by molar-refractivity contribution is 7.98. The molecule has 1 rings (SSSR count). The average Bonchev–Trinajstić information content (AvgIpc) is 2.76. The second kappa shape index (κ2) is 8.36. The zero-order valence-electron chi connectivity index (χ0n) is 12.1. The van der Waals surface area contributed by atoms with Gasteiger partial charge in [-0.25, -0.2) is 4.79 Å². The van der Waals surface area contributed by atoms with E-state index in [2.05, 4.69) is 16.9 Å². The van der Waals surface area contributed by atoms with E-state index in [1.54, 1.807) is 6.92 Å². The molecule has 2 unspecified atom stereocenters. The maximum atomic E-state index is 11.7. The summed E-state index contributed by atoms with van der Waals surface area (Å²) in [6, 6.07) is -0.811. The number of unbranched alkanes of at least 4 members (excludes halogenated alkanes) is 2. The van der Waals surface area contributed by atoms with E-state index in [0.717, 1.165) is 25.0 Å². The van der Waals surface area contributed by atoms with Crippen LogP contribution in [-0.4, -0.2) is 54.9 Å². The van der Waals surface area contributed by atoms with E-state index in [9.17, 15) is 14.7 Å². The number of thioether (sulfide) groups is 1. The maximum absolute atomic E-state index is 11.7. The highest BCUT2D eigenvalue weighted by Crippen LogP contribution is 2.28. The number of carboxylic acid groups (broad SMARTS) is 1. The van der Waals surface area contributed by atoms with Crippen molar-refractivity contribution in [3.63, 3.8) is 0 Å². The van der Waals surface area contributed by atoms with E-state index in [4.69, 9.17) is 4.74 Å². The number of aliphatic carboxylic acids is 1. The van der Waals surface area contributed by atoms with Crippen LogP contribution in [0.5, 0.6) is 0 Å². The number of urea groups is 1. The van der Waals surface area contributed by atoms with E-state index >= 15 is 0 Å². The van der Waals surface area contributed by atoms with Gasteiger partial charge in [0.2, 0.25) is 0 Å². The summed E-state index contributed by atoms with van der Waals surface area (Å²) in [5.41, 5.74) is -1.05. The van der Waals surface area contributed by atoms with Crippen LogP contribution in [0.1, 0.15) is 26.2 Å². The van der Waals surface area contributed by atoms with Gasteiger partial charge < -0.3 is 20.5 Å². The third-order valence-corrected chi connectivity index (χ3v) is 4.26. The minimum Gasteiger partial charge on any atom is -0.481 e. The molecule has 0 aromatic heterocycles. The molecule has 0 aromatic carbocycles. The Balaban J connectivity index is 2.23. The van der Waals surface area contributed by atoms with Crippen LogP contribution in [0.4, 0.5) is 4.79 Å². The number of carboxylic acids is 1. The van der Waals surface area contributed by atoms with Crippen molar-refractivity contribution < 1.29 is 19.4 Å². The summed E-state index contributed by atoms with van der Waals surface area (Å²) in [6.45, 7) is 2.57. The van der Waals surface area contributed by atoms with Gasteiger partial charge in [-0.3, -0.25) is 4.79 Å². The first-order chi connectivity index (χ1) is 9.50. The third kappa shape index (κ3) is 4.86. The Morgan fingerprint density at radius 3 is 2.80 bits per heavy atom. The van der Waals surface area contributed by atoms with Crippen molar-refractivity contribution in [1.29, 1.82) is 0 Å². The van der Waals surface area contributed by atoms with E-state index in [1.165, 1.54) is 0 Å². The van der Waals surface area contributed by atoms with Crippen LogP contribution in [0.2, 0.25) is 0 Å². The van der Waals surface area contributed by atoms with Gasteiger partial charge in [-0.05, 0) is 31.8 Å². The molecule has 1 aliphatic rings. The lowest BCUT2D eigenvalue weighted by Crippen LogP contribution is -2.52. The zero-order valence-corrected chi connectivity index (χ0v) is 12.9. The summed E-state index contributed by atoms with van der Waals surface area (Å²) < 4.78 is 5.18. The maximum Gasteiger partial charge on any atom is 0.315 e. The number of nitrogens with one attached hydrogen (secondary N) is 2. The summed E-state index contributed by atoms with van der Waals surface area (Å²) in [7, 11) is 0. The Bertz CT molecular complexity index is 340. The summed E-state index contributed by atoms with van der Waals surface area (Å²) in [6.07, 6.45) is 5.25. The summed E-state index contributed by atoms with van der Waals surface area (Å²) >= 11 is 1.82. The highest BCUT2D eigenvalue weighted by Gasteiger charge is 2.47. The molecule has 0 spiro atoms. The molecule has 0 aliphatic carbocycles. The fourth-order valence-electron chi connectivity index (χ4n) is 2.04. The van der Waals surface area contributed by atoms with Crippen molar-refractivity contribution in [3.05, 3.63) is 0 Å². The Kier molecular flexibility index (Phi) is 7.15. The smallest absolute Gasteiger partial charge is 0.315 e. The molecule has 0 saturated carbocycles. The van der Waals surface area contributed by atoms with Crippen LogP contribution >= 0.6 is 11.8 Å². The number of carbonyl (C=O) groups is 2. The number of hydrogen-bond acceptors (Lipinski definition) is 4. The number of hydrogen-bond donors (Lipinski definition) is 3. The summed E-state index contributed by atoms with van der Waals surface area (Å²) in [4.78, 5) is 22.9. The molecule has 1 heterocycles. The largest absolute Gasteiger partial charge is 0.481 e. The van der Waals surface area contributed by atoms with Gasteiger partial charge in [0.1, 0.15) is 5.41 Å². The molecule has 1 saturated heterocycles. The van der Waals surface area contributed by atoms with Crippen molar-refractivity contribution in [1.82, 2.24) is 10.6 Å². The van der Waals surface area contributed by atoms with Gasteiger partial charge in [0.15, 0.2) is 0 Å². The standard InChI is InChI=1S/C13H24N2O4S/c1-13(11(16)17)9-19-8-10(13)15-12(18)14-6-4-3-5-7-20-2/h10H,3-9H2,1-2H3,(H,16,17)(H2,14,15,18). The fourth-order valence-corrected chi connectivity index (χ4v) is 2.54. The third-order valence-electron chi connectivity index (χ3n) is 3.56. The first-order valence-electron chi connectivity index (χ1n) is 6.85. The predicted octanol–water partition coefficient (Wildman–Crippen LogP) is 1.31. The SMILES string of the molecule is CSCCCCCNC(=O)NC1COCC1(C)C(=O)O. The monoisotopic (exact) mass is 304 g/mol. The molecule has 0 aromatic rings. The lowest BCUT2D eigenvalue weighted by Gasteiger charge is -2.25. The quantitative estimate of drug-likeness (QED) is 0.589. The van der Waals surface area contributed by atoms with Crippen LogP contribution in [0.25, 0.3) is 0 Å². The van der Waals surface area contributed by atoms with Gasteiger partial charge in [0.05, 0.1) is 19.3 Å².